The highest BCUT2D eigenvalue weighted by Crippen LogP contribution is 2.45. The van der Waals surface area contributed by atoms with Crippen molar-refractivity contribution in [1.82, 2.24) is 10.6 Å². The van der Waals surface area contributed by atoms with Gasteiger partial charge in [0.05, 0.1) is 5.41 Å². The van der Waals surface area contributed by atoms with Crippen LogP contribution in [0, 0.1) is 5.41 Å². The molecular weight excluding hydrogens is 272 g/mol. The number of hydrogen-bond acceptors (Lipinski definition) is 4. The summed E-state index contributed by atoms with van der Waals surface area (Å²) in [6.45, 7) is 0.893. The number of carboxylic acid groups (broad SMARTS) is 1. The van der Waals surface area contributed by atoms with Crippen molar-refractivity contribution < 1.29 is 14.7 Å². The first kappa shape index (κ1) is 13.9. The third-order valence-corrected chi connectivity index (χ3v) is 6.11. The van der Waals surface area contributed by atoms with Crippen LogP contribution >= 0.6 is 23.5 Å². The normalized spacial score (nSPS) is 25.2. The quantitative estimate of drug-likeness (QED) is 0.704. The molecule has 2 aliphatic rings. The lowest BCUT2D eigenvalue weighted by Gasteiger charge is -2.21. The highest BCUT2D eigenvalue weighted by Gasteiger charge is 2.50. The van der Waals surface area contributed by atoms with Crippen LogP contribution in [-0.4, -0.2) is 52.7 Å². The second-order valence-electron chi connectivity index (χ2n) is 4.72. The molecule has 0 radical (unpaired) electrons. The number of rotatable bonds is 5. The molecule has 18 heavy (non-hydrogen) atoms. The van der Waals surface area contributed by atoms with Crippen molar-refractivity contribution >= 4 is 35.5 Å². The first-order valence-corrected chi connectivity index (χ1v) is 8.27. The van der Waals surface area contributed by atoms with Crippen LogP contribution in [0.2, 0.25) is 0 Å². The first-order valence-electron chi connectivity index (χ1n) is 6.07. The number of carboxylic acids is 1. The van der Waals surface area contributed by atoms with Crippen LogP contribution in [0.25, 0.3) is 0 Å². The SMILES string of the molecule is O=C(NCC1CSCCS1)NCC1(C(=O)O)CC1. The lowest BCUT2D eigenvalue weighted by molar-refractivity contribution is -0.143. The number of carbonyl (C=O) groups excluding carboxylic acids is 1. The predicted molar refractivity (Wildman–Crippen MR) is 74.3 cm³/mol. The molecule has 2 rings (SSSR count). The van der Waals surface area contributed by atoms with E-state index in [-0.39, 0.29) is 12.6 Å². The van der Waals surface area contributed by atoms with Crippen molar-refractivity contribution in [2.45, 2.75) is 18.1 Å². The van der Waals surface area contributed by atoms with Gasteiger partial charge in [0, 0.05) is 35.6 Å². The fourth-order valence-corrected chi connectivity index (χ4v) is 4.40. The molecule has 1 saturated carbocycles. The molecule has 1 aliphatic carbocycles. The summed E-state index contributed by atoms with van der Waals surface area (Å²) >= 11 is 3.80. The number of urea groups is 1. The Morgan fingerprint density at radius 1 is 1.28 bits per heavy atom. The minimum atomic E-state index is -0.804. The third-order valence-electron chi connectivity index (χ3n) is 3.27. The van der Waals surface area contributed by atoms with E-state index in [1.165, 1.54) is 5.75 Å². The van der Waals surface area contributed by atoms with Crippen LogP contribution in [0.3, 0.4) is 0 Å². The number of amides is 2. The Bertz CT molecular complexity index is 328. The maximum Gasteiger partial charge on any atom is 0.314 e. The van der Waals surface area contributed by atoms with Crippen molar-refractivity contribution in [3.05, 3.63) is 0 Å². The van der Waals surface area contributed by atoms with Gasteiger partial charge in [-0.15, -0.1) is 0 Å². The summed E-state index contributed by atoms with van der Waals surface area (Å²) in [4.78, 5) is 22.5. The van der Waals surface area contributed by atoms with Gasteiger partial charge in [0.1, 0.15) is 0 Å². The highest BCUT2D eigenvalue weighted by atomic mass is 32.2. The van der Waals surface area contributed by atoms with Crippen LogP contribution in [0.4, 0.5) is 4.79 Å². The zero-order valence-corrected chi connectivity index (χ0v) is 11.7. The fraction of sp³-hybridized carbons (Fsp3) is 0.818. The summed E-state index contributed by atoms with van der Waals surface area (Å²) in [6.07, 6.45) is 1.33. The zero-order valence-electron chi connectivity index (χ0n) is 10.1. The minimum Gasteiger partial charge on any atom is -0.481 e. The van der Waals surface area contributed by atoms with Crippen LogP contribution in [0.1, 0.15) is 12.8 Å². The molecule has 0 aromatic heterocycles. The van der Waals surface area contributed by atoms with E-state index in [1.54, 1.807) is 0 Å². The lowest BCUT2D eigenvalue weighted by atomic mass is 10.1. The zero-order chi connectivity index (χ0) is 13.0. The Morgan fingerprint density at radius 3 is 2.61 bits per heavy atom. The first-order chi connectivity index (χ1) is 8.62. The van der Waals surface area contributed by atoms with E-state index >= 15 is 0 Å². The van der Waals surface area contributed by atoms with Crippen LogP contribution < -0.4 is 10.6 Å². The van der Waals surface area contributed by atoms with E-state index < -0.39 is 11.4 Å². The molecular formula is C11H18N2O3S2. The smallest absolute Gasteiger partial charge is 0.314 e. The van der Waals surface area contributed by atoms with E-state index in [0.29, 0.717) is 24.6 Å². The van der Waals surface area contributed by atoms with Crippen molar-refractivity contribution in [2.24, 2.45) is 5.41 Å². The van der Waals surface area contributed by atoms with Gasteiger partial charge in [0.25, 0.3) is 0 Å². The van der Waals surface area contributed by atoms with Crippen molar-refractivity contribution in [2.75, 3.05) is 30.3 Å². The number of hydrogen-bond donors (Lipinski definition) is 3. The summed E-state index contributed by atoms with van der Waals surface area (Å²) in [6, 6.07) is -0.251. The Hall–Kier alpha value is -0.560. The molecule has 1 saturated heterocycles. The van der Waals surface area contributed by atoms with Gasteiger partial charge in [-0.05, 0) is 12.8 Å². The van der Waals surface area contributed by atoms with E-state index in [0.717, 1.165) is 11.5 Å². The third kappa shape index (κ3) is 3.71. The van der Waals surface area contributed by atoms with E-state index in [2.05, 4.69) is 10.6 Å². The maximum absolute atomic E-state index is 11.6. The van der Waals surface area contributed by atoms with Gasteiger partial charge in [-0.3, -0.25) is 4.79 Å². The van der Waals surface area contributed by atoms with Crippen LogP contribution in [-0.2, 0) is 4.79 Å². The van der Waals surface area contributed by atoms with Crippen LogP contribution in [0.15, 0.2) is 0 Å². The largest absolute Gasteiger partial charge is 0.481 e. The number of aliphatic carboxylic acids is 1. The summed E-state index contributed by atoms with van der Waals surface area (Å²) in [5, 5.41) is 14.9. The molecule has 2 fully saturated rings. The molecule has 0 aromatic carbocycles. The van der Waals surface area contributed by atoms with E-state index in [4.69, 9.17) is 5.11 Å². The molecule has 1 unspecified atom stereocenters. The Morgan fingerprint density at radius 2 is 2.06 bits per heavy atom. The summed E-state index contributed by atoms with van der Waals surface area (Å²) in [5.74, 6) is 2.60. The monoisotopic (exact) mass is 290 g/mol. The molecule has 7 heteroatoms. The molecule has 1 atom stereocenters. The minimum absolute atomic E-state index is 0.237. The average Bonchev–Trinajstić information content (AvgIpc) is 3.16. The fourth-order valence-electron chi connectivity index (χ4n) is 1.79. The second-order valence-corrected chi connectivity index (χ2v) is 7.27. The number of carbonyl (C=O) groups is 2. The maximum atomic E-state index is 11.6. The molecule has 5 nitrogen and oxygen atoms in total. The van der Waals surface area contributed by atoms with Crippen molar-refractivity contribution in [3.8, 4) is 0 Å². The average molecular weight is 290 g/mol. The predicted octanol–water partition coefficient (Wildman–Crippen LogP) is 0.999. The summed E-state index contributed by atoms with van der Waals surface area (Å²) < 4.78 is 0. The van der Waals surface area contributed by atoms with Crippen molar-refractivity contribution in [3.63, 3.8) is 0 Å². The standard InChI is InChI=1S/C11H18N2O3S2/c14-9(15)11(1-2-11)7-13-10(16)12-5-8-6-17-3-4-18-8/h8H,1-7H2,(H,14,15)(H2,12,13,16). The van der Waals surface area contributed by atoms with Gasteiger partial charge in [-0.1, -0.05) is 0 Å². The van der Waals surface area contributed by atoms with E-state index in [1.807, 2.05) is 23.5 Å². The molecule has 0 spiro atoms. The topological polar surface area (TPSA) is 78.4 Å². The highest BCUT2D eigenvalue weighted by molar-refractivity contribution is 8.06. The van der Waals surface area contributed by atoms with Crippen molar-refractivity contribution in [1.29, 1.82) is 0 Å². The van der Waals surface area contributed by atoms with Gasteiger partial charge in [0.15, 0.2) is 0 Å². The van der Waals surface area contributed by atoms with Gasteiger partial charge in [0.2, 0.25) is 0 Å². The second kappa shape index (κ2) is 6.06. The van der Waals surface area contributed by atoms with Crippen LogP contribution in [0.5, 0.6) is 0 Å². The summed E-state index contributed by atoms with van der Waals surface area (Å²) in [7, 11) is 0. The molecule has 0 bridgehead atoms. The van der Waals surface area contributed by atoms with Gasteiger partial charge < -0.3 is 15.7 Å². The summed E-state index contributed by atoms with van der Waals surface area (Å²) in [5.41, 5.74) is -0.688. The molecule has 1 aliphatic heterocycles. The molecule has 2 amide bonds. The Kier molecular flexibility index (Phi) is 4.66. The Balaban J connectivity index is 1.62. The lowest BCUT2D eigenvalue weighted by Crippen LogP contribution is -2.43. The molecule has 1 heterocycles. The molecule has 102 valence electrons. The molecule has 3 N–H and O–H groups in total. The van der Waals surface area contributed by atoms with Gasteiger partial charge in [-0.25, -0.2) is 4.79 Å². The number of thioether (sulfide) groups is 2. The molecule has 0 aromatic rings. The van der Waals surface area contributed by atoms with Gasteiger partial charge in [-0.2, -0.15) is 23.5 Å². The van der Waals surface area contributed by atoms with E-state index in [9.17, 15) is 9.59 Å². The van der Waals surface area contributed by atoms with Gasteiger partial charge >= 0.3 is 12.0 Å². The Labute approximate surface area is 115 Å². The number of nitrogens with one attached hydrogen (secondary N) is 2.